The number of rotatable bonds is 6. The van der Waals surface area contributed by atoms with Crippen molar-refractivity contribution in [3.05, 3.63) is 78.4 Å². The van der Waals surface area contributed by atoms with Crippen LogP contribution in [0.25, 0.3) is 0 Å². The van der Waals surface area contributed by atoms with Crippen LogP contribution in [0.5, 0.6) is 11.5 Å². The summed E-state index contributed by atoms with van der Waals surface area (Å²) in [6, 6.07) is 23.4. The first-order valence-corrected chi connectivity index (χ1v) is 9.37. The van der Waals surface area contributed by atoms with Crippen LogP contribution in [0, 0.1) is 0 Å². The number of hydrogen-bond acceptors (Lipinski definition) is 4. The van der Waals surface area contributed by atoms with Crippen molar-refractivity contribution < 1.29 is 14.3 Å². The molecule has 0 saturated heterocycles. The zero-order valence-corrected chi connectivity index (χ0v) is 15.5. The zero-order valence-electron chi connectivity index (χ0n) is 15.5. The summed E-state index contributed by atoms with van der Waals surface area (Å²) in [6.07, 6.45) is 1.19. The Hall–Kier alpha value is -3.47. The highest BCUT2D eigenvalue weighted by Crippen LogP contribution is 2.33. The van der Waals surface area contributed by atoms with Crippen LogP contribution < -0.4 is 20.1 Å². The van der Waals surface area contributed by atoms with Gasteiger partial charge in [-0.3, -0.25) is 4.79 Å². The van der Waals surface area contributed by atoms with Gasteiger partial charge >= 0.3 is 0 Å². The Bertz CT molecular complexity index is 940. The number of hydrogen-bond donors (Lipinski definition) is 2. The maximum absolute atomic E-state index is 12.1. The number of anilines is 3. The molecule has 1 aliphatic rings. The third-order valence-electron chi connectivity index (χ3n) is 4.48. The Morgan fingerprint density at radius 1 is 0.786 bits per heavy atom. The summed E-state index contributed by atoms with van der Waals surface area (Å²) in [5, 5.41) is 6.27. The Morgan fingerprint density at radius 2 is 1.46 bits per heavy atom. The smallest absolute Gasteiger partial charge is 0.224 e. The maximum atomic E-state index is 12.1. The van der Waals surface area contributed by atoms with Crippen LogP contribution in [-0.4, -0.2) is 19.1 Å². The summed E-state index contributed by atoms with van der Waals surface area (Å²) in [5.41, 5.74) is 3.80. The molecule has 1 aliphatic heterocycles. The second kappa shape index (κ2) is 8.48. The molecule has 4 rings (SSSR count). The summed E-state index contributed by atoms with van der Waals surface area (Å²) in [7, 11) is 0. The van der Waals surface area contributed by atoms with Crippen molar-refractivity contribution in [2.45, 2.75) is 12.8 Å². The molecule has 0 radical (unpaired) electrons. The third-order valence-corrected chi connectivity index (χ3v) is 4.48. The fourth-order valence-corrected chi connectivity index (χ4v) is 3.05. The average Bonchev–Trinajstić information content (AvgIpc) is 2.74. The van der Waals surface area contributed by atoms with E-state index in [0.29, 0.717) is 19.6 Å². The summed E-state index contributed by atoms with van der Waals surface area (Å²) in [5.74, 6) is 1.53. The lowest BCUT2D eigenvalue weighted by Crippen LogP contribution is -2.15. The number of aryl methyl sites for hydroxylation is 1. The minimum Gasteiger partial charge on any atom is -0.486 e. The molecular weight excluding hydrogens is 352 g/mol. The number of fused-ring (bicyclic) bond motifs is 1. The molecule has 0 saturated carbocycles. The van der Waals surface area contributed by atoms with Gasteiger partial charge in [0.15, 0.2) is 11.5 Å². The lowest BCUT2D eigenvalue weighted by Gasteiger charge is -2.19. The van der Waals surface area contributed by atoms with Gasteiger partial charge < -0.3 is 20.1 Å². The first-order valence-electron chi connectivity index (χ1n) is 9.37. The zero-order chi connectivity index (χ0) is 19.2. The molecule has 2 N–H and O–H groups in total. The van der Waals surface area contributed by atoms with E-state index in [1.807, 2.05) is 72.8 Å². The van der Waals surface area contributed by atoms with Gasteiger partial charge in [0.05, 0.1) is 0 Å². The van der Waals surface area contributed by atoms with Gasteiger partial charge in [0.25, 0.3) is 0 Å². The Balaban J connectivity index is 1.31. The topological polar surface area (TPSA) is 59.6 Å². The molecule has 3 aromatic rings. The molecule has 0 unspecified atom stereocenters. The number of ether oxygens (including phenoxy) is 2. The van der Waals surface area contributed by atoms with Crippen LogP contribution in [0.1, 0.15) is 12.0 Å². The monoisotopic (exact) mass is 374 g/mol. The molecule has 3 aromatic carbocycles. The average molecular weight is 374 g/mol. The van der Waals surface area contributed by atoms with Gasteiger partial charge in [-0.15, -0.1) is 0 Å². The minimum absolute atomic E-state index is 0.0106. The fourth-order valence-electron chi connectivity index (χ4n) is 3.05. The van der Waals surface area contributed by atoms with Crippen molar-refractivity contribution in [1.29, 1.82) is 0 Å². The minimum atomic E-state index is 0.0106. The molecule has 28 heavy (non-hydrogen) atoms. The van der Waals surface area contributed by atoms with Gasteiger partial charge in [-0.2, -0.15) is 0 Å². The van der Waals surface area contributed by atoms with Crippen molar-refractivity contribution in [1.82, 2.24) is 0 Å². The quantitative estimate of drug-likeness (QED) is 0.652. The maximum Gasteiger partial charge on any atom is 0.224 e. The fraction of sp³-hybridized carbons (Fsp3) is 0.174. The molecule has 5 nitrogen and oxygen atoms in total. The normalized spacial score (nSPS) is 12.3. The van der Waals surface area contributed by atoms with E-state index in [-0.39, 0.29) is 5.91 Å². The molecule has 0 fully saturated rings. The van der Waals surface area contributed by atoms with Crippen LogP contribution >= 0.6 is 0 Å². The van der Waals surface area contributed by atoms with E-state index >= 15 is 0 Å². The van der Waals surface area contributed by atoms with Gasteiger partial charge in [0.1, 0.15) is 13.2 Å². The molecule has 0 aliphatic carbocycles. The summed E-state index contributed by atoms with van der Waals surface area (Å²) in [4.78, 5) is 12.1. The first kappa shape index (κ1) is 17.9. The van der Waals surface area contributed by atoms with E-state index in [0.717, 1.165) is 40.5 Å². The molecule has 0 spiro atoms. The SMILES string of the molecule is O=C(CCc1ccccc1)Nc1ccc(Nc2ccc3c(c2)OCCO3)cc1. The largest absolute Gasteiger partial charge is 0.486 e. The Morgan fingerprint density at radius 3 is 2.25 bits per heavy atom. The van der Waals surface area contributed by atoms with Crippen molar-refractivity contribution in [2.24, 2.45) is 0 Å². The molecule has 1 heterocycles. The second-order valence-corrected chi connectivity index (χ2v) is 6.59. The van der Waals surface area contributed by atoms with E-state index in [9.17, 15) is 4.79 Å². The van der Waals surface area contributed by atoms with E-state index in [1.165, 1.54) is 0 Å². The predicted molar refractivity (Wildman–Crippen MR) is 111 cm³/mol. The molecular formula is C23H22N2O3. The highest BCUT2D eigenvalue weighted by atomic mass is 16.6. The van der Waals surface area contributed by atoms with Crippen molar-refractivity contribution in [3.63, 3.8) is 0 Å². The molecule has 5 heteroatoms. The van der Waals surface area contributed by atoms with E-state index in [4.69, 9.17) is 9.47 Å². The second-order valence-electron chi connectivity index (χ2n) is 6.59. The van der Waals surface area contributed by atoms with Crippen LogP contribution in [0.2, 0.25) is 0 Å². The summed E-state index contributed by atoms with van der Waals surface area (Å²) >= 11 is 0. The van der Waals surface area contributed by atoms with E-state index in [2.05, 4.69) is 10.6 Å². The first-order chi connectivity index (χ1) is 13.8. The summed E-state index contributed by atoms with van der Waals surface area (Å²) in [6.45, 7) is 1.15. The van der Waals surface area contributed by atoms with Gasteiger partial charge in [-0.1, -0.05) is 30.3 Å². The highest BCUT2D eigenvalue weighted by Gasteiger charge is 2.11. The number of carbonyl (C=O) groups excluding carboxylic acids is 1. The highest BCUT2D eigenvalue weighted by molar-refractivity contribution is 5.91. The van der Waals surface area contributed by atoms with Crippen LogP contribution in [0.15, 0.2) is 72.8 Å². The lowest BCUT2D eigenvalue weighted by molar-refractivity contribution is -0.116. The van der Waals surface area contributed by atoms with E-state index < -0.39 is 0 Å². The van der Waals surface area contributed by atoms with Crippen molar-refractivity contribution >= 4 is 23.0 Å². The predicted octanol–water partition coefficient (Wildman–Crippen LogP) is 4.77. The van der Waals surface area contributed by atoms with Crippen LogP contribution in [-0.2, 0) is 11.2 Å². The molecule has 1 amide bonds. The van der Waals surface area contributed by atoms with Crippen LogP contribution in [0.3, 0.4) is 0 Å². The van der Waals surface area contributed by atoms with Crippen molar-refractivity contribution in [3.8, 4) is 11.5 Å². The lowest BCUT2D eigenvalue weighted by atomic mass is 10.1. The van der Waals surface area contributed by atoms with Gasteiger partial charge in [-0.25, -0.2) is 0 Å². The number of carbonyl (C=O) groups is 1. The number of amides is 1. The van der Waals surface area contributed by atoms with Crippen molar-refractivity contribution in [2.75, 3.05) is 23.8 Å². The van der Waals surface area contributed by atoms with E-state index in [1.54, 1.807) is 0 Å². The number of nitrogens with one attached hydrogen (secondary N) is 2. The summed E-state index contributed by atoms with van der Waals surface area (Å²) < 4.78 is 11.1. The van der Waals surface area contributed by atoms with Crippen LogP contribution in [0.4, 0.5) is 17.1 Å². The van der Waals surface area contributed by atoms with Gasteiger partial charge in [0.2, 0.25) is 5.91 Å². The van der Waals surface area contributed by atoms with Gasteiger partial charge in [0, 0.05) is 29.5 Å². The molecule has 0 bridgehead atoms. The Labute approximate surface area is 164 Å². The molecule has 0 aromatic heterocycles. The Kier molecular flexibility index (Phi) is 5.43. The van der Waals surface area contributed by atoms with Gasteiger partial charge in [-0.05, 0) is 48.4 Å². The molecule has 142 valence electrons. The standard InChI is InChI=1S/C23H22N2O3/c26-23(13-6-17-4-2-1-3-5-17)25-19-9-7-18(8-10-19)24-20-11-12-21-22(16-20)28-15-14-27-21/h1-5,7-12,16,24H,6,13-15H2,(H,25,26). The molecule has 0 atom stereocenters. The third kappa shape index (κ3) is 4.62. The number of benzene rings is 3.